The van der Waals surface area contributed by atoms with Crippen molar-refractivity contribution in [1.82, 2.24) is 10.6 Å². The predicted octanol–water partition coefficient (Wildman–Crippen LogP) is 0.788. The first-order chi connectivity index (χ1) is 7.10. The van der Waals surface area contributed by atoms with Gasteiger partial charge < -0.3 is 15.7 Å². The maximum atomic E-state index is 11.2. The Kier molecular flexibility index (Phi) is 12.6. The van der Waals surface area contributed by atoms with Crippen LogP contribution in [0.5, 0.6) is 0 Å². The molecule has 0 saturated heterocycles. The largest absolute Gasteiger partial charge is 0.396 e. The molecule has 0 aliphatic rings. The minimum absolute atomic E-state index is 0. The van der Waals surface area contributed by atoms with Gasteiger partial charge in [-0.1, -0.05) is 13.8 Å². The Morgan fingerprint density at radius 3 is 2.44 bits per heavy atom. The average Bonchev–Trinajstić information content (AvgIpc) is 2.14. The summed E-state index contributed by atoms with van der Waals surface area (Å²) in [5.74, 6) is 1.00. The van der Waals surface area contributed by atoms with E-state index in [1.807, 2.05) is 0 Å². The summed E-state index contributed by atoms with van der Waals surface area (Å²) < 4.78 is 0. The summed E-state index contributed by atoms with van der Waals surface area (Å²) in [6, 6.07) is 0. The summed E-state index contributed by atoms with van der Waals surface area (Å²) in [6.07, 6.45) is 1.80. The molecule has 1 unspecified atom stereocenters. The van der Waals surface area contributed by atoms with E-state index in [9.17, 15) is 4.79 Å². The molecule has 5 heteroatoms. The molecular weight excluding hydrogens is 228 g/mol. The molecular formula is C11H25ClN2O2. The van der Waals surface area contributed by atoms with E-state index < -0.39 is 0 Å². The molecule has 1 atom stereocenters. The summed E-state index contributed by atoms with van der Waals surface area (Å²) >= 11 is 0. The van der Waals surface area contributed by atoms with E-state index in [4.69, 9.17) is 5.11 Å². The standard InChI is InChI=1S/C11H24N2O2.ClH/c1-9(2)6-10(4-5-14)7-13-11(15)8-12-3;/h9-10,12,14H,4-8H2,1-3H3,(H,13,15);1H. The lowest BCUT2D eigenvalue weighted by molar-refractivity contribution is -0.120. The zero-order valence-electron chi connectivity index (χ0n) is 10.5. The number of hydrogen-bond acceptors (Lipinski definition) is 3. The first kappa shape index (κ1) is 18.1. The van der Waals surface area contributed by atoms with Crippen molar-refractivity contribution in [2.24, 2.45) is 11.8 Å². The molecule has 0 aromatic carbocycles. The van der Waals surface area contributed by atoms with Gasteiger partial charge in [-0.2, -0.15) is 0 Å². The van der Waals surface area contributed by atoms with Gasteiger partial charge in [-0.15, -0.1) is 12.4 Å². The number of carbonyl (C=O) groups is 1. The lowest BCUT2D eigenvalue weighted by atomic mass is 9.94. The maximum absolute atomic E-state index is 11.2. The third-order valence-electron chi connectivity index (χ3n) is 2.27. The van der Waals surface area contributed by atoms with Crippen LogP contribution in [0.3, 0.4) is 0 Å². The van der Waals surface area contributed by atoms with Gasteiger partial charge in [0.05, 0.1) is 6.54 Å². The number of likely N-dealkylation sites (N-methyl/N-ethyl adjacent to an activating group) is 1. The molecule has 3 N–H and O–H groups in total. The Hall–Kier alpha value is -0.320. The Labute approximate surface area is 105 Å². The quantitative estimate of drug-likeness (QED) is 0.599. The summed E-state index contributed by atoms with van der Waals surface area (Å²) in [7, 11) is 1.75. The van der Waals surface area contributed by atoms with E-state index in [-0.39, 0.29) is 24.9 Å². The van der Waals surface area contributed by atoms with E-state index in [2.05, 4.69) is 24.5 Å². The monoisotopic (exact) mass is 252 g/mol. The van der Waals surface area contributed by atoms with Crippen molar-refractivity contribution in [3.05, 3.63) is 0 Å². The van der Waals surface area contributed by atoms with E-state index in [0.29, 0.717) is 24.9 Å². The van der Waals surface area contributed by atoms with Gasteiger partial charge in [0.15, 0.2) is 0 Å². The van der Waals surface area contributed by atoms with Crippen LogP contribution in [0.25, 0.3) is 0 Å². The Morgan fingerprint density at radius 2 is 2.00 bits per heavy atom. The molecule has 0 fully saturated rings. The molecule has 16 heavy (non-hydrogen) atoms. The second-order valence-corrected chi connectivity index (χ2v) is 4.34. The van der Waals surface area contributed by atoms with Crippen molar-refractivity contribution >= 4 is 18.3 Å². The van der Waals surface area contributed by atoms with Gasteiger partial charge in [0.25, 0.3) is 0 Å². The Bertz CT molecular complexity index is 177. The molecule has 4 nitrogen and oxygen atoms in total. The van der Waals surface area contributed by atoms with Crippen LogP contribution in [0.2, 0.25) is 0 Å². The molecule has 0 aromatic rings. The summed E-state index contributed by atoms with van der Waals surface area (Å²) in [5.41, 5.74) is 0. The zero-order chi connectivity index (χ0) is 11.7. The molecule has 1 amide bonds. The fourth-order valence-electron chi connectivity index (χ4n) is 1.63. The van der Waals surface area contributed by atoms with Gasteiger partial charge in [0, 0.05) is 13.2 Å². The molecule has 0 aliphatic heterocycles. The van der Waals surface area contributed by atoms with E-state index in [1.54, 1.807) is 7.05 Å². The number of aliphatic hydroxyl groups is 1. The molecule has 98 valence electrons. The highest BCUT2D eigenvalue weighted by Gasteiger charge is 2.11. The highest BCUT2D eigenvalue weighted by molar-refractivity contribution is 5.85. The average molecular weight is 253 g/mol. The summed E-state index contributed by atoms with van der Waals surface area (Å²) in [6.45, 7) is 5.52. The van der Waals surface area contributed by atoms with Gasteiger partial charge in [0.2, 0.25) is 5.91 Å². The second kappa shape index (κ2) is 11.2. The van der Waals surface area contributed by atoms with Gasteiger partial charge >= 0.3 is 0 Å². The first-order valence-corrected chi connectivity index (χ1v) is 5.62. The zero-order valence-corrected chi connectivity index (χ0v) is 11.3. The maximum Gasteiger partial charge on any atom is 0.233 e. The molecule has 0 spiro atoms. The fraction of sp³-hybridized carbons (Fsp3) is 0.909. The van der Waals surface area contributed by atoms with Crippen LogP contribution in [-0.2, 0) is 4.79 Å². The number of amides is 1. The molecule has 0 bridgehead atoms. The van der Waals surface area contributed by atoms with Gasteiger partial charge in [-0.3, -0.25) is 4.79 Å². The predicted molar refractivity (Wildman–Crippen MR) is 68.8 cm³/mol. The smallest absolute Gasteiger partial charge is 0.233 e. The van der Waals surface area contributed by atoms with Gasteiger partial charge in [-0.25, -0.2) is 0 Å². The van der Waals surface area contributed by atoms with Crippen molar-refractivity contribution in [3.63, 3.8) is 0 Å². The van der Waals surface area contributed by atoms with Crippen LogP contribution in [0.1, 0.15) is 26.7 Å². The Morgan fingerprint density at radius 1 is 1.38 bits per heavy atom. The molecule has 0 aromatic heterocycles. The molecule has 0 heterocycles. The minimum atomic E-state index is 0. The SMILES string of the molecule is CNCC(=O)NCC(CCO)CC(C)C.Cl. The van der Waals surface area contributed by atoms with Crippen LogP contribution in [0.15, 0.2) is 0 Å². The number of aliphatic hydroxyl groups excluding tert-OH is 1. The van der Waals surface area contributed by atoms with Crippen molar-refractivity contribution in [2.45, 2.75) is 26.7 Å². The van der Waals surface area contributed by atoms with Gasteiger partial charge in [0.1, 0.15) is 0 Å². The minimum Gasteiger partial charge on any atom is -0.396 e. The van der Waals surface area contributed by atoms with Crippen molar-refractivity contribution in [2.75, 3.05) is 26.7 Å². The van der Waals surface area contributed by atoms with Crippen LogP contribution in [0, 0.1) is 11.8 Å². The molecule has 0 radical (unpaired) electrons. The van der Waals surface area contributed by atoms with Crippen molar-refractivity contribution in [3.8, 4) is 0 Å². The van der Waals surface area contributed by atoms with Gasteiger partial charge in [-0.05, 0) is 31.7 Å². The highest BCUT2D eigenvalue weighted by atomic mass is 35.5. The van der Waals surface area contributed by atoms with Crippen LogP contribution in [0.4, 0.5) is 0 Å². The number of halogens is 1. The van der Waals surface area contributed by atoms with E-state index in [0.717, 1.165) is 12.8 Å². The topological polar surface area (TPSA) is 61.4 Å². The van der Waals surface area contributed by atoms with Crippen LogP contribution >= 0.6 is 12.4 Å². The number of rotatable bonds is 8. The molecule has 0 rings (SSSR count). The number of nitrogens with one attached hydrogen (secondary N) is 2. The van der Waals surface area contributed by atoms with Crippen molar-refractivity contribution < 1.29 is 9.90 Å². The fourth-order valence-corrected chi connectivity index (χ4v) is 1.63. The van der Waals surface area contributed by atoms with E-state index >= 15 is 0 Å². The Balaban J connectivity index is 0. The number of hydrogen-bond donors (Lipinski definition) is 3. The highest BCUT2D eigenvalue weighted by Crippen LogP contribution is 2.13. The van der Waals surface area contributed by atoms with E-state index in [1.165, 1.54) is 0 Å². The van der Waals surface area contributed by atoms with Crippen molar-refractivity contribution in [1.29, 1.82) is 0 Å². The number of carbonyl (C=O) groups excluding carboxylic acids is 1. The summed E-state index contributed by atoms with van der Waals surface area (Å²) in [4.78, 5) is 11.2. The van der Waals surface area contributed by atoms with Crippen LogP contribution in [-0.4, -0.2) is 37.8 Å². The third-order valence-corrected chi connectivity index (χ3v) is 2.27. The first-order valence-electron chi connectivity index (χ1n) is 5.62. The second-order valence-electron chi connectivity index (χ2n) is 4.34. The third kappa shape index (κ3) is 10.2. The lowest BCUT2D eigenvalue weighted by Crippen LogP contribution is -2.36. The van der Waals surface area contributed by atoms with Crippen LogP contribution < -0.4 is 10.6 Å². The lowest BCUT2D eigenvalue weighted by Gasteiger charge is -2.18. The molecule has 0 saturated carbocycles. The summed E-state index contributed by atoms with van der Waals surface area (Å²) in [5, 5.41) is 14.6. The normalized spacial score (nSPS) is 12.1. The molecule has 0 aliphatic carbocycles.